The Morgan fingerprint density at radius 2 is 1.13 bits per heavy atom. The number of hydrogen-bond donors (Lipinski definition) is 0. The maximum atomic E-state index is 4.37. The number of fused-ring (bicyclic) bond motifs is 11. The molecule has 5 heteroatoms. The van der Waals surface area contributed by atoms with Crippen LogP contribution in [-0.4, -0.2) is 16.8 Å². The molecule has 266 valence electrons. The first-order valence-electron chi connectivity index (χ1n) is 18.4. The van der Waals surface area contributed by atoms with Crippen molar-refractivity contribution in [2.75, 3.05) is 16.8 Å². The summed E-state index contributed by atoms with van der Waals surface area (Å²) in [5.74, 6) is 0. The van der Waals surface area contributed by atoms with E-state index in [0.29, 0.717) is 0 Å². The summed E-state index contributed by atoms with van der Waals surface area (Å²) < 4.78 is 1.90. The second-order valence-corrected chi connectivity index (χ2v) is 14.3. The van der Waals surface area contributed by atoms with Crippen LogP contribution in [0.5, 0.6) is 0 Å². The Hall–Kier alpha value is -6.03. The van der Waals surface area contributed by atoms with Crippen LogP contribution in [0.1, 0.15) is 33.6 Å². The molecule has 0 bridgehead atoms. The first-order chi connectivity index (χ1) is 26.5. The Balaban J connectivity index is 0.000000241. The van der Waals surface area contributed by atoms with Crippen molar-refractivity contribution in [2.45, 2.75) is 19.3 Å². The van der Waals surface area contributed by atoms with E-state index in [-0.39, 0.29) is 24.9 Å². The maximum Gasteiger partial charge on any atom is 3.00 e. The van der Waals surface area contributed by atoms with Gasteiger partial charge in [-0.2, -0.15) is 54.2 Å². The van der Waals surface area contributed by atoms with Crippen LogP contribution < -0.4 is 9.80 Å². The second kappa shape index (κ2) is 13.7. The summed E-state index contributed by atoms with van der Waals surface area (Å²) in [6, 6.07) is 65.6. The van der Waals surface area contributed by atoms with E-state index in [1.54, 1.807) is 0 Å². The molecule has 0 saturated carbocycles. The molecule has 55 heavy (non-hydrogen) atoms. The minimum absolute atomic E-state index is 0. The molecule has 4 nitrogen and oxygen atoms in total. The smallest absolute Gasteiger partial charge is 0.504 e. The third-order valence-corrected chi connectivity index (χ3v) is 11.1. The zero-order chi connectivity index (χ0) is 36.4. The van der Waals surface area contributed by atoms with E-state index < -0.39 is 0 Å². The molecule has 1 spiro atoms. The fourth-order valence-electron chi connectivity index (χ4n) is 8.86. The van der Waals surface area contributed by atoms with E-state index in [9.17, 15) is 0 Å². The number of hydrogen-bond acceptors (Lipinski definition) is 3. The first-order valence-corrected chi connectivity index (χ1v) is 18.4. The van der Waals surface area contributed by atoms with Gasteiger partial charge in [0, 0.05) is 17.1 Å². The molecule has 11 rings (SSSR count). The SMILES string of the molecule is CN1[CH-]N(c2[c-]cc(-c3ccc4c(c3)C3(c5ccccc5-c5ccccc53)c3ccccc3-4)cc2)c2ccccc21.Cc1cc(C)n(-c2[c-]cccc2)n1.[Rh+3]. The zero-order valence-electron chi connectivity index (χ0n) is 30.8. The van der Waals surface area contributed by atoms with Crippen molar-refractivity contribution in [2.24, 2.45) is 0 Å². The molecule has 8 aromatic rings. The van der Waals surface area contributed by atoms with Gasteiger partial charge in [0.15, 0.2) is 0 Å². The molecular weight excluding hydrogens is 759 g/mol. The minimum atomic E-state index is -0.322. The van der Waals surface area contributed by atoms with Gasteiger partial charge >= 0.3 is 19.5 Å². The molecule has 2 aliphatic carbocycles. The van der Waals surface area contributed by atoms with Crippen molar-refractivity contribution in [3.63, 3.8) is 0 Å². The molecule has 1 aliphatic heterocycles. The van der Waals surface area contributed by atoms with Gasteiger partial charge in [0.2, 0.25) is 0 Å². The summed E-state index contributed by atoms with van der Waals surface area (Å²) in [6.07, 6.45) is 0. The van der Waals surface area contributed by atoms with Crippen molar-refractivity contribution in [1.29, 1.82) is 0 Å². The number of rotatable bonds is 3. The van der Waals surface area contributed by atoms with Crippen molar-refractivity contribution in [3.05, 3.63) is 216 Å². The molecule has 0 fully saturated rings. The topological polar surface area (TPSA) is 24.3 Å². The van der Waals surface area contributed by atoms with E-state index in [4.69, 9.17) is 0 Å². The number of para-hydroxylation sites is 3. The van der Waals surface area contributed by atoms with Gasteiger partial charge in [-0.3, -0.25) is 4.68 Å². The number of aryl methyl sites for hydroxylation is 2. The summed E-state index contributed by atoms with van der Waals surface area (Å²) in [5.41, 5.74) is 19.4. The average Bonchev–Trinajstić information content (AvgIpc) is 3.94. The zero-order valence-corrected chi connectivity index (χ0v) is 32.4. The van der Waals surface area contributed by atoms with Crippen LogP contribution in [0.3, 0.4) is 0 Å². The van der Waals surface area contributed by atoms with Gasteiger partial charge in [-0.15, -0.1) is 23.4 Å². The summed E-state index contributed by atoms with van der Waals surface area (Å²) in [5, 5.41) is 4.37. The van der Waals surface area contributed by atoms with Crippen LogP contribution in [-0.2, 0) is 24.9 Å². The van der Waals surface area contributed by atoms with E-state index in [2.05, 4.69) is 180 Å². The van der Waals surface area contributed by atoms with Crippen LogP contribution in [0, 0.1) is 32.6 Å². The summed E-state index contributed by atoms with van der Waals surface area (Å²) >= 11 is 0. The first kappa shape index (κ1) is 34.7. The monoisotopic (exact) mass is 796 g/mol. The van der Waals surface area contributed by atoms with Gasteiger partial charge in [-0.1, -0.05) is 109 Å². The Morgan fingerprint density at radius 3 is 1.71 bits per heavy atom. The molecular formula is C50H37N4Rh. The molecule has 0 saturated heterocycles. The van der Waals surface area contributed by atoms with Crippen LogP contribution in [0.2, 0.25) is 0 Å². The fourth-order valence-corrected chi connectivity index (χ4v) is 8.86. The second-order valence-electron chi connectivity index (χ2n) is 14.3. The maximum absolute atomic E-state index is 4.37. The Kier molecular flexibility index (Phi) is 8.63. The molecule has 0 N–H and O–H groups in total. The Labute approximate surface area is 336 Å². The molecule has 0 radical (unpaired) electrons. The Bertz CT molecular complexity index is 2630. The quantitative estimate of drug-likeness (QED) is 0.131. The van der Waals surface area contributed by atoms with Gasteiger partial charge in [0.25, 0.3) is 0 Å². The summed E-state index contributed by atoms with van der Waals surface area (Å²) in [4.78, 5) is 4.37. The van der Waals surface area contributed by atoms with Crippen molar-refractivity contribution < 1.29 is 19.5 Å². The largest absolute Gasteiger partial charge is 3.00 e. The van der Waals surface area contributed by atoms with Crippen molar-refractivity contribution in [3.8, 4) is 39.1 Å². The van der Waals surface area contributed by atoms with Gasteiger partial charge in [-0.05, 0) is 89.3 Å². The molecule has 1 aromatic heterocycles. The van der Waals surface area contributed by atoms with Gasteiger partial charge in [0.1, 0.15) is 0 Å². The van der Waals surface area contributed by atoms with Crippen LogP contribution in [0.15, 0.2) is 164 Å². The molecule has 3 aliphatic rings. The normalized spacial score (nSPS) is 13.6. The predicted octanol–water partition coefficient (Wildman–Crippen LogP) is 11.5. The molecule has 0 amide bonds. The average molecular weight is 797 g/mol. The number of aromatic nitrogens is 2. The third-order valence-electron chi connectivity index (χ3n) is 11.1. The standard InChI is InChI=1S/C39H26N2.C11H11N2.Rh/c1-40-25-41(38-17-9-8-16-37(38)40)28-21-18-26(19-22-28)27-20-23-32-31-12-4-7-15-35(31)39(36(32)24-27)33-13-5-2-10-29(33)30-11-3-6-14-34(30)39;1-9-8-10(2)13(12-9)11-6-4-3-5-7-11;/h2-21,23-25H,1H3;3-6,8H,1-2H3;/q-2;-1;+3. The van der Waals surface area contributed by atoms with E-state index in [1.165, 1.54) is 67.0 Å². The van der Waals surface area contributed by atoms with Crippen LogP contribution >= 0.6 is 0 Å². The van der Waals surface area contributed by atoms with Gasteiger partial charge in [-0.25, -0.2) is 0 Å². The van der Waals surface area contributed by atoms with Gasteiger partial charge < -0.3 is 9.80 Å². The third kappa shape index (κ3) is 5.40. The van der Waals surface area contributed by atoms with E-state index >= 15 is 0 Å². The van der Waals surface area contributed by atoms with Crippen molar-refractivity contribution >= 4 is 17.1 Å². The number of anilines is 3. The predicted molar refractivity (Wildman–Crippen MR) is 220 cm³/mol. The molecule has 2 heterocycles. The van der Waals surface area contributed by atoms with Crippen molar-refractivity contribution in [1.82, 2.24) is 9.78 Å². The Morgan fingerprint density at radius 1 is 0.545 bits per heavy atom. The molecule has 0 atom stereocenters. The summed E-state index contributed by atoms with van der Waals surface area (Å²) in [7, 11) is 2.09. The fraction of sp³-hybridized carbons (Fsp3) is 0.0800. The summed E-state index contributed by atoms with van der Waals surface area (Å²) in [6.45, 7) is 6.16. The molecule has 7 aromatic carbocycles. The number of benzene rings is 7. The van der Waals surface area contributed by atoms with Crippen LogP contribution in [0.4, 0.5) is 17.1 Å². The number of nitrogens with zero attached hydrogens (tertiary/aromatic N) is 4. The van der Waals surface area contributed by atoms with E-state index in [1.807, 2.05) is 42.8 Å². The van der Waals surface area contributed by atoms with Crippen LogP contribution in [0.25, 0.3) is 39.1 Å². The molecule has 0 unspecified atom stereocenters. The minimum Gasteiger partial charge on any atom is -0.504 e. The van der Waals surface area contributed by atoms with Gasteiger partial charge in [0.05, 0.1) is 11.1 Å². The van der Waals surface area contributed by atoms with E-state index in [0.717, 1.165) is 22.8 Å².